The summed E-state index contributed by atoms with van der Waals surface area (Å²) in [7, 11) is 0. The first-order chi connectivity index (χ1) is 9.97. The molecule has 0 saturated heterocycles. The van der Waals surface area contributed by atoms with Gasteiger partial charge in [0.25, 0.3) is 0 Å². The van der Waals surface area contributed by atoms with Crippen molar-refractivity contribution in [2.75, 3.05) is 18.0 Å². The molecule has 0 aliphatic heterocycles. The minimum absolute atomic E-state index is 0.661. The molecule has 1 aliphatic rings. The van der Waals surface area contributed by atoms with Gasteiger partial charge in [-0.25, -0.2) is 0 Å². The lowest BCUT2D eigenvalue weighted by Gasteiger charge is -2.28. The van der Waals surface area contributed by atoms with Crippen LogP contribution < -0.4 is 10.2 Å². The highest BCUT2D eigenvalue weighted by Gasteiger charge is 2.30. The van der Waals surface area contributed by atoms with Crippen molar-refractivity contribution >= 4 is 17.3 Å². The fourth-order valence-corrected chi connectivity index (χ4v) is 2.93. The second-order valence-corrected chi connectivity index (χ2v) is 7.50. The second kappa shape index (κ2) is 7.51. The lowest BCUT2D eigenvalue weighted by Crippen LogP contribution is -2.30. The Morgan fingerprint density at radius 1 is 1.19 bits per heavy atom. The van der Waals surface area contributed by atoms with Crippen LogP contribution in [-0.2, 0) is 6.54 Å². The van der Waals surface area contributed by atoms with E-state index in [1.165, 1.54) is 24.1 Å². The fourth-order valence-electron chi connectivity index (χ4n) is 2.62. The Labute approximate surface area is 134 Å². The minimum atomic E-state index is 0.661. The average molecular weight is 309 g/mol. The number of benzene rings is 1. The Morgan fingerprint density at radius 2 is 1.90 bits per heavy atom. The maximum absolute atomic E-state index is 6.55. The Kier molecular flexibility index (Phi) is 5.95. The standard InChI is InChI=1S/C18H29ClN2/c1-13(2)10-20-11-15-5-8-18(17(19)9-15)21(12-14(3)4)16-6-7-16/h5,8-9,13-14,16,20H,6-7,10-12H2,1-4H3. The largest absolute Gasteiger partial charge is 0.367 e. The highest BCUT2D eigenvalue weighted by Crippen LogP contribution is 2.36. The van der Waals surface area contributed by atoms with Crippen LogP contribution in [0.2, 0.25) is 5.02 Å². The lowest BCUT2D eigenvalue weighted by atomic mass is 10.1. The molecule has 0 bridgehead atoms. The quantitative estimate of drug-likeness (QED) is 0.748. The van der Waals surface area contributed by atoms with E-state index in [-0.39, 0.29) is 0 Å². The van der Waals surface area contributed by atoms with Crippen LogP contribution in [0.3, 0.4) is 0 Å². The molecule has 2 rings (SSSR count). The number of nitrogens with zero attached hydrogens (tertiary/aromatic N) is 1. The van der Waals surface area contributed by atoms with E-state index in [0.29, 0.717) is 17.9 Å². The predicted octanol–water partition coefficient (Wildman–Crippen LogP) is 4.71. The van der Waals surface area contributed by atoms with Gasteiger partial charge >= 0.3 is 0 Å². The molecule has 0 atom stereocenters. The lowest BCUT2D eigenvalue weighted by molar-refractivity contribution is 0.552. The molecule has 0 unspecified atom stereocenters. The summed E-state index contributed by atoms with van der Waals surface area (Å²) in [4.78, 5) is 2.50. The van der Waals surface area contributed by atoms with Crippen molar-refractivity contribution in [1.29, 1.82) is 0 Å². The molecule has 0 heterocycles. The first kappa shape index (κ1) is 16.6. The van der Waals surface area contributed by atoms with Gasteiger partial charge in [0.15, 0.2) is 0 Å². The molecule has 1 aromatic rings. The van der Waals surface area contributed by atoms with Gasteiger partial charge in [-0.05, 0) is 48.9 Å². The summed E-state index contributed by atoms with van der Waals surface area (Å²) in [5.74, 6) is 1.34. The molecule has 1 fully saturated rings. The third-order valence-corrected chi connectivity index (χ3v) is 4.06. The molecule has 0 radical (unpaired) electrons. The third-order valence-electron chi connectivity index (χ3n) is 3.75. The first-order valence-electron chi connectivity index (χ1n) is 8.23. The number of halogens is 1. The van der Waals surface area contributed by atoms with Crippen LogP contribution in [0.4, 0.5) is 5.69 Å². The van der Waals surface area contributed by atoms with Gasteiger partial charge in [0.1, 0.15) is 0 Å². The molecule has 118 valence electrons. The fraction of sp³-hybridized carbons (Fsp3) is 0.667. The Morgan fingerprint density at radius 3 is 2.43 bits per heavy atom. The third kappa shape index (κ3) is 5.19. The summed E-state index contributed by atoms with van der Waals surface area (Å²) in [5, 5.41) is 4.37. The zero-order valence-electron chi connectivity index (χ0n) is 13.8. The molecule has 2 nitrogen and oxygen atoms in total. The Bertz CT molecular complexity index is 453. The normalized spacial score (nSPS) is 15.0. The highest BCUT2D eigenvalue weighted by atomic mass is 35.5. The molecule has 1 aliphatic carbocycles. The van der Waals surface area contributed by atoms with Gasteiger partial charge in [-0.2, -0.15) is 0 Å². The Hall–Kier alpha value is -0.730. The van der Waals surface area contributed by atoms with Crippen molar-refractivity contribution in [3.05, 3.63) is 28.8 Å². The van der Waals surface area contributed by atoms with E-state index in [0.717, 1.165) is 24.7 Å². The van der Waals surface area contributed by atoms with Crippen LogP contribution in [0.15, 0.2) is 18.2 Å². The van der Waals surface area contributed by atoms with E-state index < -0.39 is 0 Å². The van der Waals surface area contributed by atoms with Crippen LogP contribution in [0.25, 0.3) is 0 Å². The van der Waals surface area contributed by atoms with E-state index in [1.54, 1.807) is 0 Å². The zero-order valence-corrected chi connectivity index (χ0v) is 14.6. The second-order valence-electron chi connectivity index (χ2n) is 7.09. The predicted molar refractivity (Wildman–Crippen MR) is 93.2 cm³/mol. The molecule has 1 N–H and O–H groups in total. The molecule has 21 heavy (non-hydrogen) atoms. The van der Waals surface area contributed by atoms with Crippen molar-refractivity contribution in [2.24, 2.45) is 11.8 Å². The molecule has 0 aromatic heterocycles. The average Bonchev–Trinajstić information content (AvgIpc) is 3.20. The van der Waals surface area contributed by atoms with Crippen LogP contribution in [0, 0.1) is 11.8 Å². The molecule has 0 spiro atoms. The molecular formula is C18H29ClN2. The van der Waals surface area contributed by atoms with Gasteiger partial charge in [0.05, 0.1) is 10.7 Å². The topological polar surface area (TPSA) is 15.3 Å². The van der Waals surface area contributed by atoms with Crippen LogP contribution in [-0.4, -0.2) is 19.1 Å². The zero-order chi connectivity index (χ0) is 15.4. The molecule has 3 heteroatoms. The minimum Gasteiger partial charge on any atom is -0.367 e. The molecular weight excluding hydrogens is 280 g/mol. The maximum atomic E-state index is 6.55. The Balaban J connectivity index is 2.03. The van der Waals surface area contributed by atoms with Crippen molar-refractivity contribution in [3.8, 4) is 0 Å². The van der Waals surface area contributed by atoms with Crippen LogP contribution in [0.5, 0.6) is 0 Å². The smallest absolute Gasteiger partial charge is 0.0642 e. The van der Waals surface area contributed by atoms with Gasteiger partial charge in [-0.1, -0.05) is 45.4 Å². The number of hydrogen-bond donors (Lipinski definition) is 1. The van der Waals surface area contributed by atoms with Crippen molar-refractivity contribution in [2.45, 2.75) is 53.1 Å². The van der Waals surface area contributed by atoms with E-state index >= 15 is 0 Å². The van der Waals surface area contributed by atoms with Gasteiger partial charge < -0.3 is 10.2 Å². The molecule has 1 saturated carbocycles. The summed E-state index contributed by atoms with van der Waals surface area (Å²) >= 11 is 6.55. The first-order valence-corrected chi connectivity index (χ1v) is 8.61. The van der Waals surface area contributed by atoms with Gasteiger partial charge in [0, 0.05) is 19.1 Å². The number of nitrogens with one attached hydrogen (secondary N) is 1. The van der Waals surface area contributed by atoms with Crippen molar-refractivity contribution in [1.82, 2.24) is 5.32 Å². The summed E-state index contributed by atoms with van der Waals surface area (Å²) in [5.41, 5.74) is 2.48. The van der Waals surface area contributed by atoms with E-state index in [2.05, 4.69) is 56.1 Å². The van der Waals surface area contributed by atoms with Gasteiger partial charge in [-0.15, -0.1) is 0 Å². The highest BCUT2D eigenvalue weighted by molar-refractivity contribution is 6.33. The maximum Gasteiger partial charge on any atom is 0.0642 e. The summed E-state index contributed by atoms with van der Waals surface area (Å²) in [6.45, 7) is 12.0. The SMILES string of the molecule is CC(C)CNCc1ccc(N(CC(C)C)C2CC2)c(Cl)c1. The summed E-state index contributed by atoms with van der Waals surface area (Å²) < 4.78 is 0. The monoisotopic (exact) mass is 308 g/mol. The van der Waals surface area contributed by atoms with E-state index in [4.69, 9.17) is 11.6 Å². The van der Waals surface area contributed by atoms with Crippen LogP contribution in [0.1, 0.15) is 46.1 Å². The van der Waals surface area contributed by atoms with Crippen LogP contribution >= 0.6 is 11.6 Å². The summed E-state index contributed by atoms with van der Waals surface area (Å²) in [6.07, 6.45) is 2.61. The molecule has 1 aromatic carbocycles. The van der Waals surface area contributed by atoms with Crippen molar-refractivity contribution < 1.29 is 0 Å². The van der Waals surface area contributed by atoms with E-state index in [1.807, 2.05) is 0 Å². The van der Waals surface area contributed by atoms with Gasteiger partial charge in [-0.3, -0.25) is 0 Å². The number of hydrogen-bond acceptors (Lipinski definition) is 2. The van der Waals surface area contributed by atoms with Crippen molar-refractivity contribution in [3.63, 3.8) is 0 Å². The molecule has 0 amide bonds. The number of anilines is 1. The summed E-state index contributed by atoms with van der Waals surface area (Å²) in [6, 6.07) is 7.24. The van der Waals surface area contributed by atoms with E-state index in [9.17, 15) is 0 Å². The number of rotatable bonds is 8. The van der Waals surface area contributed by atoms with Gasteiger partial charge in [0.2, 0.25) is 0 Å².